The maximum atomic E-state index is 12.0. The molecule has 1 rings (SSSR count). The largest absolute Gasteiger partial charge is 0.452 e. The highest BCUT2D eigenvalue weighted by atomic mass is 127. The average molecular weight is 356 g/mol. The number of hydrogen-bond donors (Lipinski definition) is 1. The molecular formula is C10H17IN2O4. The number of methoxy groups -OCH3 is 1. The summed E-state index contributed by atoms with van der Waals surface area (Å²) in [5.74, 6) is -0.122. The molecule has 17 heavy (non-hydrogen) atoms. The van der Waals surface area contributed by atoms with Crippen LogP contribution in [-0.2, 0) is 14.3 Å². The smallest absolute Gasteiger partial charge is 0.425 e. The predicted molar refractivity (Wildman–Crippen MR) is 69.7 cm³/mol. The average Bonchev–Trinajstić information content (AvgIpc) is 2.35. The number of nitrogens with one attached hydrogen (secondary N) is 1. The van der Waals surface area contributed by atoms with E-state index >= 15 is 0 Å². The van der Waals surface area contributed by atoms with Gasteiger partial charge in [-0.2, -0.15) is 0 Å². The summed E-state index contributed by atoms with van der Waals surface area (Å²) in [5.41, 5.74) is 2.48. The van der Waals surface area contributed by atoms with E-state index in [-0.39, 0.29) is 15.9 Å². The molecule has 7 heteroatoms. The van der Waals surface area contributed by atoms with Crippen LogP contribution in [0.5, 0.6) is 0 Å². The SMILES string of the molecule is COC(=O)NN(C(=O)C(C)I)C1CCOCC1. The molecule has 0 aliphatic carbocycles. The van der Waals surface area contributed by atoms with Crippen molar-refractivity contribution in [2.45, 2.75) is 29.7 Å². The summed E-state index contributed by atoms with van der Waals surface area (Å²) in [6.45, 7) is 2.99. The molecule has 0 aromatic rings. The van der Waals surface area contributed by atoms with E-state index in [0.717, 1.165) is 12.8 Å². The Kier molecular flexibility index (Phi) is 5.96. The fourth-order valence-electron chi connectivity index (χ4n) is 1.61. The lowest BCUT2D eigenvalue weighted by molar-refractivity contribution is -0.137. The third kappa shape index (κ3) is 4.30. The molecule has 1 aliphatic rings. The molecule has 0 saturated carbocycles. The molecule has 0 spiro atoms. The molecule has 98 valence electrons. The quantitative estimate of drug-likeness (QED) is 0.457. The minimum Gasteiger partial charge on any atom is -0.452 e. The van der Waals surface area contributed by atoms with Crippen LogP contribution in [0.3, 0.4) is 0 Å². The molecule has 1 N–H and O–H groups in total. The first-order valence-corrected chi connectivity index (χ1v) is 6.70. The van der Waals surface area contributed by atoms with Gasteiger partial charge in [0.2, 0.25) is 0 Å². The molecule has 1 unspecified atom stereocenters. The van der Waals surface area contributed by atoms with Crippen LogP contribution < -0.4 is 5.43 Å². The fourth-order valence-corrected chi connectivity index (χ4v) is 1.91. The van der Waals surface area contributed by atoms with Crippen molar-refractivity contribution < 1.29 is 19.1 Å². The van der Waals surface area contributed by atoms with Crippen molar-refractivity contribution in [1.82, 2.24) is 10.4 Å². The number of carbonyl (C=O) groups excluding carboxylic acids is 2. The van der Waals surface area contributed by atoms with Gasteiger partial charge in [0.25, 0.3) is 5.91 Å². The second-order valence-corrected chi connectivity index (χ2v) is 5.64. The van der Waals surface area contributed by atoms with Gasteiger partial charge in [0.1, 0.15) is 0 Å². The molecule has 6 nitrogen and oxygen atoms in total. The highest BCUT2D eigenvalue weighted by Crippen LogP contribution is 2.15. The molecule has 0 bridgehead atoms. The summed E-state index contributed by atoms with van der Waals surface area (Å²) in [6, 6.07) is -0.0208. The van der Waals surface area contributed by atoms with E-state index in [0.29, 0.717) is 13.2 Å². The van der Waals surface area contributed by atoms with Crippen LogP contribution >= 0.6 is 22.6 Å². The van der Waals surface area contributed by atoms with E-state index < -0.39 is 6.09 Å². The molecule has 1 aliphatic heterocycles. The van der Waals surface area contributed by atoms with E-state index in [9.17, 15) is 9.59 Å². The molecule has 1 heterocycles. The summed E-state index contributed by atoms with van der Waals surface area (Å²) < 4.78 is 9.56. The summed E-state index contributed by atoms with van der Waals surface area (Å²) in [5, 5.41) is 1.38. The van der Waals surface area contributed by atoms with Crippen LogP contribution in [0.1, 0.15) is 19.8 Å². The van der Waals surface area contributed by atoms with Crippen molar-refractivity contribution in [2.24, 2.45) is 0 Å². The summed E-state index contributed by atoms with van der Waals surface area (Å²) in [6.07, 6.45) is 0.819. The molecule has 2 amide bonds. The zero-order valence-corrected chi connectivity index (χ0v) is 12.1. The van der Waals surface area contributed by atoms with Gasteiger partial charge in [-0.3, -0.25) is 4.79 Å². The van der Waals surface area contributed by atoms with Crippen molar-refractivity contribution in [1.29, 1.82) is 0 Å². The molecular weight excluding hydrogens is 339 g/mol. The summed E-state index contributed by atoms with van der Waals surface area (Å²) in [7, 11) is 1.27. The van der Waals surface area contributed by atoms with Gasteiger partial charge < -0.3 is 9.47 Å². The normalized spacial score (nSPS) is 18.3. The maximum Gasteiger partial charge on any atom is 0.425 e. The Labute approximate surface area is 114 Å². The van der Waals surface area contributed by atoms with E-state index in [4.69, 9.17) is 4.74 Å². The van der Waals surface area contributed by atoms with Gasteiger partial charge in [-0.15, -0.1) is 0 Å². The van der Waals surface area contributed by atoms with E-state index in [1.807, 2.05) is 22.6 Å². The highest BCUT2D eigenvalue weighted by Gasteiger charge is 2.29. The van der Waals surface area contributed by atoms with Crippen LogP contribution in [0.15, 0.2) is 0 Å². The number of ether oxygens (including phenoxy) is 2. The van der Waals surface area contributed by atoms with E-state index in [2.05, 4.69) is 10.2 Å². The van der Waals surface area contributed by atoms with Gasteiger partial charge in [-0.05, 0) is 19.8 Å². The van der Waals surface area contributed by atoms with Gasteiger partial charge in [0, 0.05) is 13.2 Å². The summed E-state index contributed by atoms with van der Waals surface area (Å²) in [4.78, 5) is 23.2. The number of hydrazine groups is 1. The number of nitrogens with zero attached hydrogens (tertiary/aromatic N) is 1. The lowest BCUT2D eigenvalue weighted by atomic mass is 10.1. The fraction of sp³-hybridized carbons (Fsp3) is 0.800. The number of carbonyl (C=O) groups is 2. The van der Waals surface area contributed by atoms with Crippen LogP contribution in [0.4, 0.5) is 4.79 Å². The maximum absolute atomic E-state index is 12.0. The van der Waals surface area contributed by atoms with Gasteiger partial charge in [-0.25, -0.2) is 15.2 Å². The van der Waals surface area contributed by atoms with Gasteiger partial charge >= 0.3 is 6.09 Å². The molecule has 0 aromatic heterocycles. The van der Waals surface area contributed by atoms with Crippen LogP contribution in [0.25, 0.3) is 0 Å². The lowest BCUT2D eigenvalue weighted by Gasteiger charge is -2.34. The minimum absolute atomic E-state index is 0.0208. The Balaban J connectivity index is 2.69. The monoisotopic (exact) mass is 356 g/mol. The first-order valence-electron chi connectivity index (χ1n) is 5.45. The second-order valence-electron chi connectivity index (χ2n) is 3.77. The van der Waals surface area contributed by atoms with Crippen molar-refractivity contribution >= 4 is 34.6 Å². The predicted octanol–water partition coefficient (Wildman–Crippen LogP) is 1.09. The molecule has 0 aromatic carbocycles. The Morgan fingerprint density at radius 1 is 1.47 bits per heavy atom. The minimum atomic E-state index is -0.623. The molecule has 0 radical (unpaired) electrons. The standard InChI is InChI=1S/C10H17IN2O4/c1-7(11)9(14)13(12-10(15)16-2)8-3-5-17-6-4-8/h7-8H,3-6H2,1-2H3,(H,12,15). The first kappa shape index (κ1) is 14.5. The lowest BCUT2D eigenvalue weighted by Crippen LogP contribution is -2.55. The van der Waals surface area contributed by atoms with E-state index in [1.54, 1.807) is 6.92 Å². The number of halogens is 1. The van der Waals surface area contributed by atoms with E-state index in [1.165, 1.54) is 12.1 Å². The number of hydrogen-bond acceptors (Lipinski definition) is 4. The molecule has 1 saturated heterocycles. The van der Waals surface area contributed by atoms with Crippen molar-refractivity contribution in [3.63, 3.8) is 0 Å². The Bertz CT molecular complexity index is 279. The first-order chi connectivity index (χ1) is 8.06. The van der Waals surface area contributed by atoms with Crippen LogP contribution in [-0.4, -0.2) is 47.3 Å². The Morgan fingerprint density at radius 3 is 2.53 bits per heavy atom. The van der Waals surface area contributed by atoms with Gasteiger partial charge in [-0.1, -0.05) is 22.6 Å². The Hall–Kier alpha value is -0.570. The van der Waals surface area contributed by atoms with Crippen LogP contribution in [0.2, 0.25) is 0 Å². The Morgan fingerprint density at radius 2 is 2.06 bits per heavy atom. The van der Waals surface area contributed by atoms with Crippen molar-refractivity contribution in [3.05, 3.63) is 0 Å². The third-order valence-electron chi connectivity index (χ3n) is 2.53. The van der Waals surface area contributed by atoms with Crippen LogP contribution in [0, 0.1) is 0 Å². The molecule has 1 atom stereocenters. The van der Waals surface area contributed by atoms with Crippen molar-refractivity contribution in [3.8, 4) is 0 Å². The van der Waals surface area contributed by atoms with Gasteiger partial charge in [0.05, 0.1) is 17.1 Å². The summed E-state index contributed by atoms with van der Waals surface area (Å²) >= 11 is 2.02. The highest BCUT2D eigenvalue weighted by molar-refractivity contribution is 14.1. The number of amides is 2. The second kappa shape index (κ2) is 7.00. The number of rotatable bonds is 2. The van der Waals surface area contributed by atoms with Gasteiger partial charge in [0.15, 0.2) is 0 Å². The van der Waals surface area contributed by atoms with Crippen molar-refractivity contribution in [2.75, 3.05) is 20.3 Å². The zero-order chi connectivity index (χ0) is 12.8. The molecule has 1 fully saturated rings. The number of alkyl halides is 1. The topological polar surface area (TPSA) is 67.9 Å². The third-order valence-corrected chi connectivity index (χ3v) is 3.06. The zero-order valence-electron chi connectivity index (χ0n) is 9.94.